The van der Waals surface area contributed by atoms with Gasteiger partial charge < -0.3 is 10.1 Å². The molecule has 1 N–H and O–H groups in total. The zero-order valence-electron chi connectivity index (χ0n) is 16.8. The first-order valence-corrected chi connectivity index (χ1v) is 10.7. The van der Waals surface area contributed by atoms with Gasteiger partial charge >= 0.3 is 5.97 Å². The lowest BCUT2D eigenvalue weighted by atomic mass is 10.0. The molecular weight excluding hydrogens is 440 g/mol. The molecule has 0 spiro atoms. The van der Waals surface area contributed by atoms with Crippen LogP contribution in [0.5, 0.6) is 0 Å². The third-order valence-electron chi connectivity index (χ3n) is 4.48. The molecule has 1 amide bonds. The van der Waals surface area contributed by atoms with Gasteiger partial charge in [-0.05, 0) is 31.5 Å². The first-order chi connectivity index (χ1) is 14.8. The summed E-state index contributed by atoms with van der Waals surface area (Å²) >= 11 is 7.50. The van der Waals surface area contributed by atoms with Gasteiger partial charge in [0.15, 0.2) is 0 Å². The second kappa shape index (κ2) is 9.72. The number of carbonyl (C=O) groups excluding carboxylic acids is 2. The Labute approximate surface area is 187 Å². The Bertz CT molecular complexity index is 1160. The molecule has 2 aromatic carbocycles. The molecule has 0 unspecified atom stereocenters. The second-order valence-electron chi connectivity index (χ2n) is 6.68. The van der Waals surface area contributed by atoms with E-state index in [0.29, 0.717) is 33.1 Å². The van der Waals surface area contributed by atoms with Crippen LogP contribution in [0, 0.1) is 17.0 Å². The van der Waals surface area contributed by atoms with Gasteiger partial charge in [0.05, 0.1) is 11.5 Å². The summed E-state index contributed by atoms with van der Waals surface area (Å²) in [5.41, 5.74) is 1.96. The molecule has 0 atom stereocenters. The minimum atomic E-state index is -0.562. The number of halogens is 1. The number of ether oxygens (including phenoxy) is 1. The van der Waals surface area contributed by atoms with E-state index in [4.69, 9.17) is 16.3 Å². The lowest BCUT2D eigenvalue weighted by Gasteiger charge is -2.10. The van der Waals surface area contributed by atoms with Gasteiger partial charge in [0.2, 0.25) is 0 Å². The largest absolute Gasteiger partial charge is 0.462 e. The van der Waals surface area contributed by atoms with Crippen LogP contribution in [0.4, 0.5) is 10.7 Å². The maximum Gasteiger partial charge on any atom is 0.341 e. The fourth-order valence-corrected chi connectivity index (χ4v) is 4.16. The van der Waals surface area contributed by atoms with Crippen LogP contribution in [-0.4, -0.2) is 23.4 Å². The Morgan fingerprint density at radius 1 is 1.19 bits per heavy atom. The number of thiophene rings is 1. The Morgan fingerprint density at radius 3 is 2.58 bits per heavy atom. The van der Waals surface area contributed by atoms with Crippen molar-refractivity contribution >= 4 is 45.5 Å². The number of aryl methyl sites for hydroxylation is 1. The molecule has 0 aliphatic rings. The number of nitro groups is 1. The molecule has 7 nitrogen and oxygen atoms in total. The number of hydrogen-bond donors (Lipinski definition) is 1. The van der Waals surface area contributed by atoms with E-state index in [1.54, 1.807) is 36.6 Å². The smallest absolute Gasteiger partial charge is 0.341 e. The summed E-state index contributed by atoms with van der Waals surface area (Å²) < 4.78 is 5.33. The molecule has 0 aliphatic heterocycles. The summed E-state index contributed by atoms with van der Waals surface area (Å²) in [7, 11) is 0. The second-order valence-corrected chi connectivity index (χ2v) is 7.97. The number of benzene rings is 2. The van der Waals surface area contributed by atoms with E-state index in [-0.39, 0.29) is 23.4 Å². The van der Waals surface area contributed by atoms with Crippen LogP contribution in [0.1, 0.15) is 39.6 Å². The minimum absolute atomic E-state index is 0.0717. The van der Waals surface area contributed by atoms with E-state index in [1.165, 1.54) is 29.5 Å². The highest BCUT2D eigenvalue weighted by Gasteiger charge is 2.24. The fourth-order valence-electron chi connectivity index (χ4n) is 2.97. The number of amides is 1. The molecule has 0 saturated heterocycles. The molecule has 0 fully saturated rings. The van der Waals surface area contributed by atoms with E-state index in [9.17, 15) is 19.7 Å². The summed E-state index contributed by atoms with van der Waals surface area (Å²) in [5.74, 6) is -1.05. The quantitative estimate of drug-likeness (QED) is 0.262. The van der Waals surface area contributed by atoms with E-state index >= 15 is 0 Å². The number of nitrogens with one attached hydrogen (secondary N) is 1. The minimum Gasteiger partial charge on any atom is -0.462 e. The number of rotatable bonds is 7. The van der Waals surface area contributed by atoms with Crippen molar-refractivity contribution in [3.05, 3.63) is 79.7 Å². The van der Waals surface area contributed by atoms with Gasteiger partial charge in [0.25, 0.3) is 11.6 Å². The van der Waals surface area contributed by atoms with Crippen LogP contribution in [0.3, 0.4) is 0 Å². The van der Waals surface area contributed by atoms with Gasteiger partial charge in [0.1, 0.15) is 10.6 Å². The summed E-state index contributed by atoms with van der Waals surface area (Å²) in [5, 5.41) is 16.3. The van der Waals surface area contributed by atoms with Gasteiger partial charge in [-0.3, -0.25) is 14.9 Å². The van der Waals surface area contributed by atoms with Crippen molar-refractivity contribution in [2.24, 2.45) is 0 Å². The van der Waals surface area contributed by atoms with Crippen molar-refractivity contribution in [2.75, 3.05) is 11.9 Å². The molecule has 0 aliphatic carbocycles. The summed E-state index contributed by atoms with van der Waals surface area (Å²) in [6, 6.07) is 11.2. The number of nitro benzene ring substituents is 1. The lowest BCUT2D eigenvalue weighted by Crippen LogP contribution is -2.15. The maximum atomic E-state index is 12.8. The summed E-state index contributed by atoms with van der Waals surface area (Å²) in [6.45, 7) is 3.68. The highest BCUT2D eigenvalue weighted by Crippen LogP contribution is 2.39. The molecule has 3 rings (SSSR count). The Morgan fingerprint density at radius 2 is 1.94 bits per heavy atom. The van der Waals surface area contributed by atoms with Crippen molar-refractivity contribution in [2.45, 2.75) is 20.3 Å². The van der Waals surface area contributed by atoms with Crippen LogP contribution < -0.4 is 5.32 Å². The maximum absolute atomic E-state index is 12.8. The average molecular weight is 459 g/mol. The van der Waals surface area contributed by atoms with Gasteiger partial charge in [-0.15, -0.1) is 11.3 Å². The number of esters is 1. The van der Waals surface area contributed by atoms with E-state index < -0.39 is 16.8 Å². The third-order valence-corrected chi connectivity index (χ3v) is 5.70. The van der Waals surface area contributed by atoms with E-state index in [2.05, 4.69) is 5.32 Å². The van der Waals surface area contributed by atoms with Crippen molar-refractivity contribution in [3.8, 4) is 11.1 Å². The monoisotopic (exact) mass is 458 g/mol. The van der Waals surface area contributed by atoms with Crippen molar-refractivity contribution in [1.82, 2.24) is 0 Å². The van der Waals surface area contributed by atoms with Crippen LogP contribution in [0.25, 0.3) is 11.1 Å². The molecular formula is C22H19ClN2O5S. The van der Waals surface area contributed by atoms with E-state index in [1.807, 2.05) is 6.92 Å². The van der Waals surface area contributed by atoms with E-state index in [0.717, 1.165) is 0 Å². The average Bonchev–Trinajstić information content (AvgIpc) is 3.15. The molecule has 9 heteroatoms. The molecule has 0 saturated carbocycles. The highest BCUT2D eigenvalue weighted by molar-refractivity contribution is 7.15. The van der Waals surface area contributed by atoms with Crippen molar-refractivity contribution in [3.63, 3.8) is 0 Å². The predicted octanol–water partition coefficient (Wildman–Crippen LogP) is 6.10. The number of nitrogens with zero attached hydrogens (tertiary/aromatic N) is 1. The van der Waals surface area contributed by atoms with Crippen LogP contribution in [0.2, 0.25) is 5.02 Å². The molecule has 160 valence electrons. The fraction of sp³-hybridized carbons (Fsp3) is 0.182. The Hall–Kier alpha value is -3.23. The molecule has 3 aromatic rings. The van der Waals surface area contributed by atoms with Crippen LogP contribution >= 0.6 is 22.9 Å². The van der Waals surface area contributed by atoms with Crippen molar-refractivity contribution < 1.29 is 19.2 Å². The molecule has 0 radical (unpaired) electrons. The lowest BCUT2D eigenvalue weighted by molar-refractivity contribution is -0.385. The topological polar surface area (TPSA) is 98.5 Å². The summed E-state index contributed by atoms with van der Waals surface area (Å²) in [6.07, 6.45) is 0.654. The number of hydrogen-bond acceptors (Lipinski definition) is 6. The van der Waals surface area contributed by atoms with Crippen molar-refractivity contribution in [1.29, 1.82) is 0 Å². The number of anilines is 1. The standard InChI is InChI=1S/C22H19ClN2O5S/c1-3-10-30-22(27)19-16(15-6-4-5-7-17(15)23)12-31-21(19)24-20(26)14-8-9-18(25(28)29)13(2)11-14/h4-9,11-12H,3,10H2,1-2H3,(H,24,26). The molecule has 1 heterocycles. The molecule has 1 aromatic heterocycles. The normalized spacial score (nSPS) is 10.5. The number of carbonyl (C=O) groups is 2. The zero-order chi connectivity index (χ0) is 22.5. The van der Waals surface area contributed by atoms with Gasteiger partial charge in [-0.2, -0.15) is 0 Å². The predicted molar refractivity (Wildman–Crippen MR) is 121 cm³/mol. The first-order valence-electron chi connectivity index (χ1n) is 9.43. The Balaban J connectivity index is 1.98. The van der Waals surface area contributed by atoms with Crippen LogP contribution in [0.15, 0.2) is 47.8 Å². The van der Waals surface area contributed by atoms with Gasteiger partial charge in [-0.1, -0.05) is 36.7 Å². The molecule has 0 bridgehead atoms. The first kappa shape index (κ1) is 22.5. The zero-order valence-corrected chi connectivity index (χ0v) is 18.4. The van der Waals surface area contributed by atoms with Gasteiger partial charge in [0, 0.05) is 38.7 Å². The third kappa shape index (κ3) is 4.92. The SMILES string of the molecule is CCCOC(=O)c1c(-c2ccccc2Cl)csc1NC(=O)c1ccc([N+](=O)[O-])c(C)c1. The van der Waals surface area contributed by atoms with Gasteiger partial charge in [-0.25, -0.2) is 4.79 Å². The van der Waals surface area contributed by atoms with Crippen LogP contribution in [-0.2, 0) is 4.74 Å². The molecule has 31 heavy (non-hydrogen) atoms. The highest BCUT2D eigenvalue weighted by atomic mass is 35.5. The summed E-state index contributed by atoms with van der Waals surface area (Å²) in [4.78, 5) is 36.1. The Kier molecular flexibility index (Phi) is 7.04.